The maximum absolute atomic E-state index is 5.59. The van der Waals surface area contributed by atoms with Crippen LogP contribution in [-0.4, -0.2) is 27.8 Å². The van der Waals surface area contributed by atoms with Crippen molar-refractivity contribution in [2.45, 2.75) is 0 Å². The summed E-state index contributed by atoms with van der Waals surface area (Å²) in [6.45, 7) is 0. The number of aromatic nitrogens is 3. The van der Waals surface area contributed by atoms with Gasteiger partial charge < -0.3 is 0 Å². The maximum atomic E-state index is 5.59. The first-order chi connectivity index (χ1) is 28.3. The zero-order valence-electron chi connectivity index (χ0n) is 30.8. The summed E-state index contributed by atoms with van der Waals surface area (Å²) in [6.07, 6.45) is 0. The number of thiophene rings is 1. The number of fused-ring (bicyclic) bond motifs is 10. The van der Waals surface area contributed by atoms with Crippen molar-refractivity contribution in [2.24, 2.45) is 0 Å². The van der Waals surface area contributed by atoms with Gasteiger partial charge in [-0.05, 0) is 0 Å². The molecule has 0 unspecified atom stereocenters. The van der Waals surface area contributed by atoms with Gasteiger partial charge in [0.05, 0.1) is 0 Å². The van der Waals surface area contributed by atoms with Crippen molar-refractivity contribution in [1.82, 2.24) is 14.5 Å². The van der Waals surface area contributed by atoms with Crippen molar-refractivity contribution in [3.05, 3.63) is 200 Å². The van der Waals surface area contributed by atoms with Crippen molar-refractivity contribution in [3.63, 3.8) is 0 Å². The van der Waals surface area contributed by atoms with Crippen LogP contribution in [0.1, 0.15) is 0 Å². The molecule has 1 aliphatic heterocycles. The molecule has 57 heavy (non-hydrogen) atoms. The predicted molar refractivity (Wildman–Crippen MR) is 243 cm³/mol. The Hall–Kier alpha value is -6.60. The molecule has 12 rings (SSSR count). The predicted octanol–water partition coefficient (Wildman–Crippen LogP) is 10.6. The summed E-state index contributed by atoms with van der Waals surface area (Å²) in [5, 5.41) is 5.15. The van der Waals surface area contributed by atoms with Gasteiger partial charge >= 0.3 is 338 Å². The third-order valence-electron chi connectivity index (χ3n) is 11.9. The minimum absolute atomic E-state index is 0.747. The van der Waals surface area contributed by atoms with E-state index in [0.29, 0.717) is 0 Å². The summed E-state index contributed by atoms with van der Waals surface area (Å²) >= 11 is -2.00. The Morgan fingerprint density at radius 1 is 0.456 bits per heavy atom. The van der Waals surface area contributed by atoms with Gasteiger partial charge in [0.15, 0.2) is 0 Å². The van der Waals surface area contributed by atoms with Gasteiger partial charge in [-0.2, -0.15) is 0 Å². The van der Waals surface area contributed by atoms with E-state index in [9.17, 15) is 0 Å². The van der Waals surface area contributed by atoms with Crippen LogP contribution in [0.2, 0.25) is 0 Å². The minimum atomic E-state index is -3.89. The first kappa shape index (κ1) is 32.6. The number of para-hydroxylation sites is 1. The van der Waals surface area contributed by atoms with Crippen molar-refractivity contribution in [1.29, 1.82) is 0 Å². The molecule has 0 bridgehead atoms. The molecule has 0 atom stereocenters. The third-order valence-corrected chi connectivity index (χ3v) is 23.2. The summed E-state index contributed by atoms with van der Waals surface area (Å²) in [5.41, 5.74) is 9.03. The molecule has 0 fully saturated rings. The standard InChI is InChI=1S/C52H33GeN3S/c1-5-17-34(18-6-1)48-47-49(55-52(54-48)35-19-7-2-8-20-35)43-30-29-38(33-44(43)53(47,36-21-9-3-10-22-36)37-23-11-4-12-24-37)56-45-27-15-13-25-39(45)41-31-32-42-40-26-14-16-28-46(40)57-51(42)50(41)56/h1-33H. The van der Waals surface area contributed by atoms with Crippen LogP contribution in [0.25, 0.3) is 81.6 Å². The van der Waals surface area contributed by atoms with E-state index in [-0.39, 0.29) is 0 Å². The fraction of sp³-hybridized carbons (Fsp3) is 0. The molecule has 4 heterocycles. The van der Waals surface area contributed by atoms with Gasteiger partial charge in [-0.25, -0.2) is 0 Å². The van der Waals surface area contributed by atoms with Crippen LogP contribution in [-0.2, 0) is 0 Å². The molecule has 3 aromatic heterocycles. The molecule has 1 aliphatic rings. The number of hydrogen-bond acceptors (Lipinski definition) is 3. The van der Waals surface area contributed by atoms with Crippen LogP contribution in [0.4, 0.5) is 0 Å². The Morgan fingerprint density at radius 3 is 1.75 bits per heavy atom. The second-order valence-electron chi connectivity index (χ2n) is 14.9. The molecule has 3 nitrogen and oxygen atoms in total. The van der Waals surface area contributed by atoms with Crippen LogP contribution >= 0.6 is 11.3 Å². The van der Waals surface area contributed by atoms with E-state index in [1.807, 2.05) is 11.3 Å². The monoisotopic (exact) mass is 805 g/mol. The van der Waals surface area contributed by atoms with Crippen molar-refractivity contribution < 1.29 is 0 Å². The van der Waals surface area contributed by atoms with Gasteiger partial charge in [0.1, 0.15) is 0 Å². The van der Waals surface area contributed by atoms with E-state index >= 15 is 0 Å². The Kier molecular flexibility index (Phi) is 7.28. The van der Waals surface area contributed by atoms with Gasteiger partial charge in [-0.3, -0.25) is 0 Å². The van der Waals surface area contributed by atoms with E-state index in [4.69, 9.17) is 9.97 Å². The van der Waals surface area contributed by atoms with Gasteiger partial charge in [0.2, 0.25) is 0 Å². The Bertz CT molecular complexity index is 3300. The molecule has 0 aliphatic carbocycles. The van der Waals surface area contributed by atoms with Gasteiger partial charge in [-0.15, -0.1) is 0 Å². The molecular formula is C52H33GeN3S. The summed E-state index contributed by atoms with van der Waals surface area (Å²) in [6, 6.07) is 73.4. The van der Waals surface area contributed by atoms with Crippen molar-refractivity contribution in [3.8, 4) is 39.6 Å². The first-order valence-corrected chi connectivity index (χ1v) is 24.4. The van der Waals surface area contributed by atoms with Gasteiger partial charge in [-0.1, -0.05) is 0 Å². The summed E-state index contributed by atoms with van der Waals surface area (Å²) < 4.78 is 10.6. The van der Waals surface area contributed by atoms with Gasteiger partial charge in [0.25, 0.3) is 0 Å². The molecule has 0 radical (unpaired) electrons. The molecule has 0 N–H and O–H groups in total. The van der Waals surface area contributed by atoms with Crippen molar-refractivity contribution >= 4 is 84.2 Å². The second kappa shape index (κ2) is 12.7. The quantitative estimate of drug-likeness (QED) is 0.162. The topological polar surface area (TPSA) is 30.7 Å². The van der Waals surface area contributed by atoms with Crippen LogP contribution in [0.3, 0.4) is 0 Å². The molecule has 11 aromatic rings. The number of hydrogen-bond donors (Lipinski definition) is 0. The summed E-state index contributed by atoms with van der Waals surface area (Å²) in [5.74, 6) is 0.747. The Morgan fingerprint density at radius 2 is 1.04 bits per heavy atom. The zero-order chi connectivity index (χ0) is 37.5. The first-order valence-electron chi connectivity index (χ1n) is 19.4. The van der Waals surface area contributed by atoms with Crippen molar-refractivity contribution in [2.75, 3.05) is 0 Å². The molecule has 0 amide bonds. The van der Waals surface area contributed by atoms with Crippen LogP contribution in [0.5, 0.6) is 0 Å². The summed E-state index contributed by atoms with van der Waals surface area (Å²) in [4.78, 5) is 11.1. The fourth-order valence-electron chi connectivity index (χ4n) is 9.50. The Balaban J connectivity index is 1.24. The molecule has 5 heteroatoms. The number of benzene rings is 8. The SMILES string of the molecule is c1ccc(-c2nc(-c3ccccc3)[c]3c(n2)-c2ccc(-n4c5ccccc5c5ccc6c7ccccc7sc6c54)c[c]2[Ge]3([c]2ccccc2)[c]2ccccc2)cc1. The zero-order valence-corrected chi connectivity index (χ0v) is 33.7. The van der Waals surface area contributed by atoms with Crippen LogP contribution in [0, 0.1) is 0 Å². The molecule has 0 saturated heterocycles. The van der Waals surface area contributed by atoms with E-state index in [2.05, 4.69) is 205 Å². The average molecular weight is 805 g/mol. The summed E-state index contributed by atoms with van der Waals surface area (Å²) in [7, 11) is 0. The number of rotatable bonds is 5. The average Bonchev–Trinajstić information content (AvgIpc) is 3.94. The van der Waals surface area contributed by atoms with E-state index in [1.165, 1.54) is 65.1 Å². The number of nitrogens with zero attached hydrogens (tertiary/aromatic N) is 3. The molecule has 0 saturated carbocycles. The molecular weight excluding hydrogens is 771 g/mol. The third kappa shape index (κ3) is 4.72. The van der Waals surface area contributed by atoms with Crippen LogP contribution in [0.15, 0.2) is 200 Å². The fourth-order valence-corrected chi connectivity index (χ4v) is 21.8. The normalized spacial score (nSPS) is 13.1. The van der Waals surface area contributed by atoms with Crippen LogP contribution < -0.4 is 17.6 Å². The molecule has 266 valence electrons. The second-order valence-corrected chi connectivity index (χ2v) is 23.7. The van der Waals surface area contributed by atoms with Gasteiger partial charge in [0, 0.05) is 0 Å². The van der Waals surface area contributed by atoms with E-state index in [0.717, 1.165) is 34.0 Å². The molecule has 0 spiro atoms. The van der Waals surface area contributed by atoms with E-state index < -0.39 is 13.3 Å². The Labute approximate surface area is 336 Å². The molecule has 8 aromatic carbocycles. The van der Waals surface area contributed by atoms with E-state index in [1.54, 1.807) is 0 Å².